The first kappa shape index (κ1) is 22.7. The van der Waals surface area contributed by atoms with Gasteiger partial charge in [-0.3, -0.25) is 0 Å². The molecule has 1 N–H and O–H groups in total. The minimum absolute atomic E-state index is 0.0264. The summed E-state index contributed by atoms with van der Waals surface area (Å²) in [5.41, 5.74) is 2.01. The van der Waals surface area contributed by atoms with Gasteiger partial charge in [0.1, 0.15) is 42.8 Å². The Bertz CT molecular complexity index is 1060. The van der Waals surface area contributed by atoms with Crippen LogP contribution in [-0.4, -0.2) is 31.4 Å². The van der Waals surface area contributed by atoms with Crippen molar-refractivity contribution in [3.63, 3.8) is 0 Å². The predicted octanol–water partition coefficient (Wildman–Crippen LogP) is 5.01. The van der Waals surface area contributed by atoms with Crippen LogP contribution in [0.4, 0.5) is 0 Å². The highest BCUT2D eigenvalue weighted by Gasteiger charge is 2.15. The van der Waals surface area contributed by atoms with Gasteiger partial charge in [-0.25, -0.2) is 4.79 Å². The van der Waals surface area contributed by atoms with Gasteiger partial charge in [-0.2, -0.15) is 0 Å². The van der Waals surface area contributed by atoms with E-state index in [4.69, 9.17) is 18.9 Å². The van der Waals surface area contributed by atoms with E-state index in [0.717, 1.165) is 16.9 Å². The monoisotopic (exact) mass is 434 g/mol. The zero-order valence-electron chi connectivity index (χ0n) is 18.1. The Morgan fingerprint density at radius 2 is 1.47 bits per heavy atom. The van der Waals surface area contributed by atoms with Crippen LogP contribution in [0.25, 0.3) is 5.57 Å². The Balaban J connectivity index is 1.63. The number of rotatable bonds is 10. The minimum Gasteiger partial charge on any atom is -0.508 e. The van der Waals surface area contributed by atoms with Crippen molar-refractivity contribution >= 4 is 11.5 Å². The number of carbonyl (C=O) groups is 1. The lowest BCUT2D eigenvalue weighted by molar-refractivity contribution is -0.133. The molecule has 0 fully saturated rings. The molecular formula is C26H26O6. The van der Waals surface area contributed by atoms with Crippen LogP contribution in [-0.2, 0) is 16.1 Å². The molecule has 0 spiro atoms. The second kappa shape index (κ2) is 11.5. The van der Waals surface area contributed by atoms with Gasteiger partial charge in [0, 0.05) is 18.2 Å². The summed E-state index contributed by atoms with van der Waals surface area (Å²) in [6, 6.07) is 21.6. The van der Waals surface area contributed by atoms with Crippen LogP contribution in [0.5, 0.6) is 23.0 Å². The molecule has 32 heavy (non-hydrogen) atoms. The van der Waals surface area contributed by atoms with E-state index in [1.54, 1.807) is 19.1 Å². The molecule has 0 atom stereocenters. The number of ether oxygens (including phenoxy) is 4. The molecule has 0 aliphatic rings. The fourth-order valence-corrected chi connectivity index (χ4v) is 3.12. The summed E-state index contributed by atoms with van der Waals surface area (Å²) >= 11 is 0. The first-order valence-electron chi connectivity index (χ1n) is 10.2. The van der Waals surface area contributed by atoms with Crippen molar-refractivity contribution in [2.75, 3.05) is 20.3 Å². The number of hydrogen-bond donors (Lipinski definition) is 1. The molecule has 0 unspecified atom stereocenters. The van der Waals surface area contributed by atoms with Crippen molar-refractivity contribution in [3.8, 4) is 23.0 Å². The zero-order valence-corrected chi connectivity index (χ0v) is 18.1. The van der Waals surface area contributed by atoms with Crippen molar-refractivity contribution in [2.45, 2.75) is 13.5 Å². The van der Waals surface area contributed by atoms with Crippen LogP contribution in [0.1, 0.15) is 18.1 Å². The Labute approximate surface area is 187 Å². The third kappa shape index (κ3) is 6.28. The van der Waals surface area contributed by atoms with Gasteiger partial charge in [0.05, 0.1) is 12.7 Å². The molecule has 0 aromatic heterocycles. The lowest BCUT2D eigenvalue weighted by Crippen LogP contribution is -2.09. The number of benzene rings is 3. The minimum atomic E-state index is -0.411. The first-order chi connectivity index (χ1) is 15.6. The number of esters is 1. The SMILES string of the molecule is CC=C(C(=O)OC)c1ccccc1COc1cc(O)cc(OCCOc2ccccc2)c1. The molecule has 0 bridgehead atoms. The molecule has 6 heteroatoms. The van der Waals surface area contributed by atoms with Gasteiger partial charge >= 0.3 is 5.97 Å². The molecule has 3 aromatic rings. The van der Waals surface area contributed by atoms with Gasteiger partial charge in [0.25, 0.3) is 0 Å². The highest BCUT2D eigenvalue weighted by Crippen LogP contribution is 2.28. The highest BCUT2D eigenvalue weighted by molar-refractivity contribution is 6.16. The summed E-state index contributed by atoms with van der Waals surface area (Å²) < 4.78 is 22.1. The molecule has 0 aliphatic carbocycles. The Morgan fingerprint density at radius 1 is 0.844 bits per heavy atom. The topological polar surface area (TPSA) is 74.2 Å². The van der Waals surface area contributed by atoms with E-state index in [1.165, 1.54) is 19.2 Å². The van der Waals surface area contributed by atoms with Crippen molar-refractivity contribution in [3.05, 3.63) is 90.0 Å². The molecule has 3 aromatic carbocycles. The van der Waals surface area contributed by atoms with Gasteiger partial charge in [-0.05, 0) is 30.2 Å². The van der Waals surface area contributed by atoms with E-state index in [1.807, 2.05) is 54.6 Å². The normalized spacial score (nSPS) is 11.0. The molecule has 0 amide bonds. The molecule has 0 saturated heterocycles. The second-order valence-corrected chi connectivity index (χ2v) is 6.81. The van der Waals surface area contributed by atoms with Crippen LogP contribution >= 0.6 is 0 Å². The predicted molar refractivity (Wildman–Crippen MR) is 122 cm³/mol. The van der Waals surface area contributed by atoms with Crippen molar-refractivity contribution in [2.24, 2.45) is 0 Å². The quantitative estimate of drug-likeness (QED) is 0.275. The number of aromatic hydroxyl groups is 1. The van der Waals surface area contributed by atoms with E-state index in [-0.39, 0.29) is 12.4 Å². The fourth-order valence-electron chi connectivity index (χ4n) is 3.12. The molecule has 3 rings (SSSR count). The van der Waals surface area contributed by atoms with Crippen molar-refractivity contribution in [1.29, 1.82) is 0 Å². The maximum atomic E-state index is 12.1. The van der Waals surface area contributed by atoms with Gasteiger partial charge in [0.15, 0.2) is 0 Å². The van der Waals surface area contributed by atoms with Gasteiger partial charge in [-0.15, -0.1) is 0 Å². The Hall–Kier alpha value is -3.93. The number of allylic oxidation sites excluding steroid dienone is 1. The summed E-state index contributed by atoms with van der Waals surface area (Å²) in [5.74, 6) is 1.29. The third-order valence-corrected chi connectivity index (χ3v) is 4.62. The first-order valence-corrected chi connectivity index (χ1v) is 10.2. The van der Waals surface area contributed by atoms with Crippen LogP contribution in [0, 0.1) is 0 Å². The summed E-state index contributed by atoms with van der Waals surface area (Å²) in [4.78, 5) is 12.1. The van der Waals surface area contributed by atoms with E-state index >= 15 is 0 Å². The largest absolute Gasteiger partial charge is 0.508 e. The standard InChI is InChI=1S/C26H26O6/c1-3-24(26(28)29-2)25-12-8-7-9-19(25)18-32-23-16-20(27)15-22(17-23)31-14-13-30-21-10-5-4-6-11-21/h3-12,15-17,27H,13-14,18H2,1-2H3. The highest BCUT2D eigenvalue weighted by atomic mass is 16.5. The number of phenols is 1. The number of carbonyl (C=O) groups excluding carboxylic acids is 1. The fraction of sp³-hybridized carbons (Fsp3) is 0.192. The maximum absolute atomic E-state index is 12.1. The van der Waals surface area contributed by atoms with E-state index < -0.39 is 5.97 Å². The number of para-hydroxylation sites is 1. The second-order valence-electron chi connectivity index (χ2n) is 6.81. The van der Waals surface area contributed by atoms with E-state index in [9.17, 15) is 9.90 Å². The lowest BCUT2D eigenvalue weighted by atomic mass is 10.00. The molecule has 166 valence electrons. The van der Waals surface area contributed by atoms with Crippen LogP contribution in [0.3, 0.4) is 0 Å². The molecule has 0 radical (unpaired) electrons. The molecular weight excluding hydrogens is 408 g/mol. The van der Waals surface area contributed by atoms with Gasteiger partial charge < -0.3 is 24.1 Å². The zero-order chi connectivity index (χ0) is 22.8. The van der Waals surface area contributed by atoms with Crippen LogP contribution < -0.4 is 14.2 Å². The number of hydrogen-bond acceptors (Lipinski definition) is 6. The molecule has 0 saturated carbocycles. The molecule has 0 heterocycles. The van der Waals surface area contributed by atoms with Crippen molar-refractivity contribution < 1.29 is 28.8 Å². The lowest BCUT2D eigenvalue weighted by Gasteiger charge is -2.14. The average Bonchev–Trinajstić information content (AvgIpc) is 2.82. The maximum Gasteiger partial charge on any atom is 0.338 e. The Kier molecular flexibility index (Phi) is 8.15. The van der Waals surface area contributed by atoms with Gasteiger partial charge in [0.2, 0.25) is 0 Å². The van der Waals surface area contributed by atoms with Crippen molar-refractivity contribution in [1.82, 2.24) is 0 Å². The Morgan fingerprint density at radius 3 is 2.16 bits per heavy atom. The summed E-state index contributed by atoms with van der Waals surface area (Å²) in [6.07, 6.45) is 1.71. The molecule has 6 nitrogen and oxygen atoms in total. The molecule has 0 aliphatic heterocycles. The summed E-state index contributed by atoms with van der Waals surface area (Å²) in [6.45, 7) is 2.65. The number of phenolic OH excluding ortho intramolecular Hbond substituents is 1. The van der Waals surface area contributed by atoms with E-state index in [0.29, 0.717) is 30.3 Å². The average molecular weight is 434 g/mol. The van der Waals surface area contributed by atoms with Crippen LogP contribution in [0.15, 0.2) is 78.9 Å². The van der Waals surface area contributed by atoms with E-state index in [2.05, 4.69) is 0 Å². The summed E-state index contributed by atoms with van der Waals surface area (Å²) in [5, 5.41) is 10.0. The number of methoxy groups -OCH3 is 1. The summed E-state index contributed by atoms with van der Waals surface area (Å²) in [7, 11) is 1.35. The van der Waals surface area contributed by atoms with Crippen LogP contribution in [0.2, 0.25) is 0 Å². The van der Waals surface area contributed by atoms with Gasteiger partial charge in [-0.1, -0.05) is 48.5 Å². The smallest absolute Gasteiger partial charge is 0.338 e. The third-order valence-electron chi connectivity index (χ3n) is 4.62.